The fourth-order valence-electron chi connectivity index (χ4n) is 2.97. The number of benzene rings is 3. The maximum absolute atomic E-state index is 12.8. The number of nitrogens with zero attached hydrogens (tertiary/aromatic N) is 2. The first-order chi connectivity index (χ1) is 16.1. The van der Waals surface area contributed by atoms with E-state index in [9.17, 15) is 21.6 Å². The smallest absolute Gasteiger partial charge is 0.322 e. The Morgan fingerprint density at radius 3 is 2.12 bits per heavy atom. The highest BCUT2D eigenvalue weighted by Crippen LogP contribution is 2.24. The van der Waals surface area contributed by atoms with Gasteiger partial charge in [-0.25, -0.2) is 16.8 Å². The van der Waals surface area contributed by atoms with Gasteiger partial charge in [-0.3, -0.25) is 14.8 Å². The molecule has 174 valence electrons. The van der Waals surface area contributed by atoms with E-state index in [1.165, 1.54) is 48.5 Å². The summed E-state index contributed by atoms with van der Waals surface area (Å²) in [6.07, 6.45) is 1.10. The molecule has 4 aromatic rings. The minimum atomic E-state index is -3.91. The second-order valence-electron chi connectivity index (χ2n) is 7.13. The van der Waals surface area contributed by atoms with Crippen LogP contribution in [0.2, 0.25) is 0 Å². The summed E-state index contributed by atoms with van der Waals surface area (Å²) in [6, 6.07) is 19.4. The summed E-state index contributed by atoms with van der Waals surface area (Å²) in [5.41, 5.74) is 0.565. The minimum Gasteiger partial charge on any atom is -0.403 e. The maximum atomic E-state index is 12.8. The Morgan fingerprint density at radius 2 is 1.44 bits per heavy atom. The minimum absolute atomic E-state index is 0.0410. The van der Waals surface area contributed by atoms with Crippen LogP contribution >= 0.6 is 0 Å². The molecule has 1 aromatic heterocycles. The number of rotatable bonds is 7. The van der Waals surface area contributed by atoms with Crippen molar-refractivity contribution in [2.24, 2.45) is 0 Å². The third-order valence-electron chi connectivity index (χ3n) is 4.64. The standard InChI is InChI=1S/C22H18N4O6S2/c1-33(28,29)16-13-11-15(12-14-16)21-24-25-22(32-21)23-20(27)18-9-5-6-10-19(18)26-34(30,31)17-7-3-2-4-8-17/h2-14,26H,1H3,(H,23,25,27). The molecular weight excluding hydrogens is 480 g/mol. The average Bonchev–Trinajstić information content (AvgIpc) is 3.28. The number of para-hydroxylation sites is 1. The van der Waals surface area contributed by atoms with Crippen LogP contribution in [0.25, 0.3) is 11.5 Å². The van der Waals surface area contributed by atoms with Gasteiger partial charge in [0, 0.05) is 11.8 Å². The van der Waals surface area contributed by atoms with Gasteiger partial charge in [0.05, 0.1) is 21.0 Å². The number of nitrogens with one attached hydrogen (secondary N) is 2. The second kappa shape index (κ2) is 9.08. The van der Waals surface area contributed by atoms with Gasteiger partial charge in [0.2, 0.25) is 5.89 Å². The number of hydrogen-bond donors (Lipinski definition) is 2. The highest BCUT2D eigenvalue weighted by Gasteiger charge is 2.20. The fourth-order valence-corrected chi connectivity index (χ4v) is 4.70. The Kier molecular flexibility index (Phi) is 6.18. The summed E-state index contributed by atoms with van der Waals surface area (Å²) in [7, 11) is -7.26. The lowest BCUT2D eigenvalue weighted by Gasteiger charge is -2.11. The van der Waals surface area contributed by atoms with E-state index in [4.69, 9.17) is 4.42 Å². The first-order valence-electron chi connectivity index (χ1n) is 9.76. The third kappa shape index (κ3) is 5.13. The van der Waals surface area contributed by atoms with Crippen molar-refractivity contribution in [3.05, 3.63) is 84.4 Å². The monoisotopic (exact) mass is 498 g/mol. The Bertz CT molecular complexity index is 1550. The van der Waals surface area contributed by atoms with E-state index in [2.05, 4.69) is 20.2 Å². The van der Waals surface area contributed by atoms with E-state index in [1.54, 1.807) is 30.3 Å². The molecule has 1 heterocycles. The predicted octanol–water partition coefficient (Wildman–Crippen LogP) is 3.19. The lowest BCUT2D eigenvalue weighted by molar-refractivity contribution is 0.102. The molecule has 1 amide bonds. The number of aromatic nitrogens is 2. The van der Waals surface area contributed by atoms with Crippen LogP contribution < -0.4 is 10.0 Å². The lowest BCUT2D eigenvalue weighted by atomic mass is 10.2. The van der Waals surface area contributed by atoms with Crippen molar-refractivity contribution in [3.63, 3.8) is 0 Å². The van der Waals surface area contributed by atoms with E-state index in [1.807, 2.05) is 0 Å². The van der Waals surface area contributed by atoms with Gasteiger partial charge in [-0.1, -0.05) is 35.4 Å². The number of sulfone groups is 1. The maximum Gasteiger partial charge on any atom is 0.322 e. The van der Waals surface area contributed by atoms with Crippen molar-refractivity contribution in [1.29, 1.82) is 0 Å². The number of amides is 1. The Morgan fingerprint density at radius 1 is 0.794 bits per heavy atom. The van der Waals surface area contributed by atoms with Crippen molar-refractivity contribution in [2.75, 3.05) is 16.3 Å². The molecule has 4 rings (SSSR count). The van der Waals surface area contributed by atoms with Gasteiger partial charge in [-0.15, -0.1) is 5.10 Å². The van der Waals surface area contributed by atoms with Crippen molar-refractivity contribution >= 4 is 37.5 Å². The Labute approximate surface area is 195 Å². The van der Waals surface area contributed by atoms with Gasteiger partial charge in [0.15, 0.2) is 9.84 Å². The molecule has 12 heteroatoms. The summed E-state index contributed by atoms with van der Waals surface area (Å²) < 4.78 is 56.4. The number of hydrogen-bond acceptors (Lipinski definition) is 8. The summed E-state index contributed by atoms with van der Waals surface area (Å²) in [5, 5.41) is 10.1. The molecule has 0 atom stereocenters. The number of carbonyl (C=O) groups is 1. The molecule has 0 fully saturated rings. The molecule has 0 bridgehead atoms. The number of carbonyl (C=O) groups excluding carboxylic acids is 1. The van der Waals surface area contributed by atoms with Crippen LogP contribution in [0, 0.1) is 0 Å². The Hall–Kier alpha value is -4.03. The van der Waals surface area contributed by atoms with Crippen LogP contribution in [0.5, 0.6) is 0 Å². The van der Waals surface area contributed by atoms with Crippen LogP contribution in [0.3, 0.4) is 0 Å². The van der Waals surface area contributed by atoms with Gasteiger partial charge in [-0.05, 0) is 48.5 Å². The third-order valence-corrected chi connectivity index (χ3v) is 7.15. The fraction of sp³-hybridized carbons (Fsp3) is 0.0455. The average molecular weight is 499 g/mol. The van der Waals surface area contributed by atoms with Crippen molar-refractivity contribution < 1.29 is 26.0 Å². The van der Waals surface area contributed by atoms with Crippen molar-refractivity contribution in [1.82, 2.24) is 10.2 Å². The normalized spacial score (nSPS) is 11.7. The summed E-state index contributed by atoms with van der Waals surface area (Å²) in [4.78, 5) is 13.0. The largest absolute Gasteiger partial charge is 0.403 e. The predicted molar refractivity (Wildman–Crippen MR) is 124 cm³/mol. The highest BCUT2D eigenvalue weighted by molar-refractivity contribution is 7.92. The van der Waals surface area contributed by atoms with Crippen molar-refractivity contribution in [3.8, 4) is 11.5 Å². The van der Waals surface area contributed by atoms with E-state index in [-0.39, 0.29) is 32.9 Å². The molecular formula is C22H18N4O6S2. The summed E-state index contributed by atoms with van der Waals surface area (Å²) in [5.74, 6) is -0.609. The van der Waals surface area contributed by atoms with Gasteiger partial charge in [0.1, 0.15) is 0 Å². The molecule has 3 aromatic carbocycles. The molecule has 0 unspecified atom stereocenters. The molecule has 0 radical (unpaired) electrons. The number of sulfonamides is 1. The topological polar surface area (TPSA) is 148 Å². The molecule has 0 spiro atoms. The molecule has 10 nitrogen and oxygen atoms in total. The Balaban J connectivity index is 1.53. The van der Waals surface area contributed by atoms with E-state index in [0.29, 0.717) is 5.56 Å². The molecule has 0 saturated heterocycles. The lowest BCUT2D eigenvalue weighted by Crippen LogP contribution is -2.18. The summed E-state index contributed by atoms with van der Waals surface area (Å²) in [6.45, 7) is 0. The molecule has 0 aliphatic rings. The molecule has 34 heavy (non-hydrogen) atoms. The molecule has 0 aliphatic heterocycles. The molecule has 0 aliphatic carbocycles. The van der Waals surface area contributed by atoms with Crippen LogP contribution in [0.4, 0.5) is 11.7 Å². The molecule has 2 N–H and O–H groups in total. The quantitative estimate of drug-likeness (QED) is 0.395. The zero-order chi connectivity index (χ0) is 24.3. The van der Waals surface area contributed by atoms with Crippen LogP contribution in [0.15, 0.2) is 93.1 Å². The van der Waals surface area contributed by atoms with Crippen LogP contribution in [0.1, 0.15) is 10.4 Å². The first-order valence-corrected chi connectivity index (χ1v) is 13.1. The van der Waals surface area contributed by atoms with Crippen LogP contribution in [-0.2, 0) is 19.9 Å². The van der Waals surface area contributed by atoms with Gasteiger partial charge in [-0.2, -0.15) is 0 Å². The second-order valence-corrected chi connectivity index (χ2v) is 10.8. The number of anilines is 2. The van der Waals surface area contributed by atoms with E-state index >= 15 is 0 Å². The van der Waals surface area contributed by atoms with E-state index in [0.717, 1.165) is 6.26 Å². The SMILES string of the molecule is CS(=O)(=O)c1ccc(-c2nnc(NC(=O)c3ccccc3NS(=O)(=O)c3ccccc3)o2)cc1. The zero-order valence-corrected chi connectivity index (χ0v) is 19.3. The summed E-state index contributed by atoms with van der Waals surface area (Å²) >= 11 is 0. The van der Waals surface area contributed by atoms with E-state index < -0.39 is 25.8 Å². The first kappa shape index (κ1) is 23.1. The van der Waals surface area contributed by atoms with Gasteiger partial charge in [0.25, 0.3) is 15.9 Å². The highest BCUT2D eigenvalue weighted by atomic mass is 32.2. The molecule has 0 saturated carbocycles. The zero-order valence-electron chi connectivity index (χ0n) is 17.7. The van der Waals surface area contributed by atoms with Gasteiger partial charge >= 0.3 is 6.01 Å². The van der Waals surface area contributed by atoms with Gasteiger partial charge < -0.3 is 4.42 Å². The van der Waals surface area contributed by atoms with Crippen LogP contribution in [-0.4, -0.2) is 39.2 Å². The van der Waals surface area contributed by atoms with Crippen molar-refractivity contribution in [2.45, 2.75) is 9.79 Å².